The largest absolute Gasteiger partial charge is 0.336 e. The zero-order chi connectivity index (χ0) is 13.4. The zero-order valence-corrected chi connectivity index (χ0v) is 11.3. The Kier molecular flexibility index (Phi) is 6.36. The number of hydrogen-bond acceptors (Lipinski definition) is 3. The van der Waals surface area contributed by atoms with E-state index >= 15 is 0 Å². The van der Waals surface area contributed by atoms with Crippen LogP contribution in [-0.4, -0.2) is 28.4 Å². The van der Waals surface area contributed by atoms with Gasteiger partial charge in [0, 0.05) is 31.4 Å². The molecule has 4 nitrogen and oxygen atoms in total. The van der Waals surface area contributed by atoms with E-state index in [1.165, 1.54) is 0 Å². The summed E-state index contributed by atoms with van der Waals surface area (Å²) in [5.74, 6) is 0.197. The van der Waals surface area contributed by atoms with Gasteiger partial charge in [-0.3, -0.25) is 9.78 Å². The molecule has 0 aliphatic rings. The Balaban J connectivity index is 2.57. The number of unbranched alkanes of at least 4 members (excludes halogenated alkanes) is 1. The van der Waals surface area contributed by atoms with Crippen LogP contribution >= 0.6 is 0 Å². The molecule has 100 valence electrons. The van der Waals surface area contributed by atoms with E-state index < -0.39 is 0 Å². The number of nitrogens with zero attached hydrogens (tertiary/aromatic N) is 2. The Labute approximate surface area is 109 Å². The molecule has 0 bridgehead atoms. The molecule has 1 heterocycles. The van der Waals surface area contributed by atoms with Crippen molar-refractivity contribution in [2.75, 3.05) is 6.54 Å². The number of carbonyl (C=O) groups excluding carboxylic acids is 1. The summed E-state index contributed by atoms with van der Waals surface area (Å²) in [4.78, 5) is 18.1. The first-order valence-corrected chi connectivity index (χ1v) is 6.53. The monoisotopic (exact) mass is 249 g/mol. The zero-order valence-electron chi connectivity index (χ0n) is 11.3. The lowest BCUT2D eigenvalue weighted by Crippen LogP contribution is -2.36. The topological polar surface area (TPSA) is 59.2 Å². The lowest BCUT2D eigenvalue weighted by Gasteiger charge is -2.27. The fraction of sp³-hybridized carbons (Fsp3) is 0.571. The molecule has 1 aromatic heterocycles. The van der Waals surface area contributed by atoms with Crippen LogP contribution in [0.15, 0.2) is 24.5 Å². The molecule has 1 rings (SSSR count). The maximum Gasteiger partial charge on any atom is 0.223 e. The molecular weight excluding hydrogens is 226 g/mol. The van der Waals surface area contributed by atoms with Crippen LogP contribution in [0.3, 0.4) is 0 Å². The first kappa shape index (κ1) is 14.6. The molecule has 1 amide bonds. The summed E-state index contributed by atoms with van der Waals surface area (Å²) in [5, 5.41) is 0. The SMILES string of the molecule is CC(C)N(Cc1cccnc1)C(=O)CCCCN. The van der Waals surface area contributed by atoms with Crippen molar-refractivity contribution in [3.63, 3.8) is 0 Å². The van der Waals surface area contributed by atoms with Crippen molar-refractivity contribution in [2.24, 2.45) is 5.73 Å². The maximum absolute atomic E-state index is 12.1. The van der Waals surface area contributed by atoms with Crippen LogP contribution in [0.4, 0.5) is 0 Å². The lowest BCUT2D eigenvalue weighted by atomic mass is 10.1. The standard InChI is InChI=1S/C14H23N3O/c1-12(2)17(14(18)7-3-4-8-15)11-13-6-5-9-16-10-13/h5-6,9-10,12H,3-4,7-8,11,15H2,1-2H3. The van der Waals surface area contributed by atoms with Crippen LogP contribution in [0.2, 0.25) is 0 Å². The summed E-state index contributed by atoms with van der Waals surface area (Å²) >= 11 is 0. The van der Waals surface area contributed by atoms with Gasteiger partial charge in [0.15, 0.2) is 0 Å². The van der Waals surface area contributed by atoms with Crippen molar-refractivity contribution in [2.45, 2.75) is 45.7 Å². The number of hydrogen-bond donors (Lipinski definition) is 1. The minimum Gasteiger partial charge on any atom is -0.336 e. The van der Waals surface area contributed by atoms with Gasteiger partial charge in [0.25, 0.3) is 0 Å². The molecule has 0 aromatic carbocycles. The van der Waals surface area contributed by atoms with Gasteiger partial charge in [-0.15, -0.1) is 0 Å². The highest BCUT2D eigenvalue weighted by atomic mass is 16.2. The van der Waals surface area contributed by atoms with Crippen molar-refractivity contribution in [3.8, 4) is 0 Å². The average molecular weight is 249 g/mol. The van der Waals surface area contributed by atoms with Crippen LogP contribution in [0.25, 0.3) is 0 Å². The molecule has 0 radical (unpaired) electrons. The summed E-state index contributed by atoms with van der Waals surface area (Å²) in [7, 11) is 0. The van der Waals surface area contributed by atoms with Crippen LogP contribution < -0.4 is 5.73 Å². The van der Waals surface area contributed by atoms with E-state index in [1.807, 2.05) is 37.1 Å². The predicted octanol–water partition coefficient (Wildman–Crippen LogP) is 1.95. The molecule has 0 aliphatic heterocycles. The fourth-order valence-electron chi connectivity index (χ4n) is 1.81. The molecule has 0 spiro atoms. The quantitative estimate of drug-likeness (QED) is 0.751. The van der Waals surface area contributed by atoms with Gasteiger partial charge in [-0.05, 0) is 44.9 Å². The van der Waals surface area contributed by atoms with Crippen molar-refractivity contribution in [1.82, 2.24) is 9.88 Å². The summed E-state index contributed by atoms with van der Waals surface area (Å²) in [5.41, 5.74) is 6.51. The normalized spacial score (nSPS) is 10.7. The molecule has 0 saturated heterocycles. The molecule has 0 atom stereocenters. The molecule has 0 fully saturated rings. The predicted molar refractivity (Wildman–Crippen MR) is 72.8 cm³/mol. The Morgan fingerprint density at radius 2 is 2.22 bits per heavy atom. The van der Waals surface area contributed by atoms with E-state index in [0.29, 0.717) is 19.5 Å². The maximum atomic E-state index is 12.1. The molecule has 0 aliphatic carbocycles. The van der Waals surface area contributed by atoms with Gasteiger partial charge in [-0.2, -0.15) is 0 Å². The van der Waals surface area contributed by atoms with E-state index in [-0.39, 0.29) is 11.9 Å². The van der Waals surface area contributed by atoms with Crippen LogP contribution in [0, 0.1) is 0 Å². The molecule has 0 unspecified atom stereocenters. The third-order valence-corrected chi connectivity index (χ3v) is 2.86. The van der Waals surface area contributed by atoms with Crippen LogP contribution in [-0.2, 0) is 11.3 Å². The number of carbonyl (C=O) groups is 1. The minimum atomic E-state index is 0.197. The average Bonchev–Trinajstić information content (AvgIpc) is 2.37. The number of pyridine rings is 1. The Hall–Kier alpha value is -1.42. The Morgan fingerprint density at radius 1 is 1.44 bits per heavy atom. The van der Waals surface area contributed by atoms with E-state index in [0.717, 1.165) is 18.4 Å². The molecule has 4 heteroatoms. The second-order valence-corrected chi connectivity index (χ2v) is 4.72. The molecule has 2 N–H and O–H groups in total. The highest BCUT2D eigenvalue weighted by Crippen LogP contribution is 2.10. The highest BCUT2D eigenvalue weighted by molar-refractivity contribution is 5.76. The lowest BCUT2D eigenvalue weighted by molar-refractivity contribution is -0.133. The Bertz CT molecular complexity index is 351. The molecule has 1 aromatic rings. The van der Waals surface area contributed by atoms with E-state index in [1.54, 1.807) is 6.20 Å². The Morgan fingerprint density at radius 3 is 2.78 bits per heavy atom. The van der Waals surface area contributed by atoms with Gasteiger partial charge in [0.05, 0.1) is 0 Å². The minimum absolute atomic E-state index is 0.197. The van der Waals surface area contributed by atoms with Crippen molar-refractivity contribution in [1.29, 1.82) is 0 Å². The molecule has 0 saturated carbocycles. The number of nitrogens with two attached hydrogens (primary N) is 1. The van der Waals surface area contributed by atoms with E-state index in [9.17, 15) is 4.79 Å². The number of aromatic nitrogens is 1. The van der Waals surface area contributed by atoms with Crippen molar-refractivity contribution >= 4 is 5.91 Å². The third kappa shape index (κ3) is 4.84. The van der Waals surface area contributed by atoms with Gasteiger partial charge < -0.3 is 10.6 Å². The summed E-state index contributed by atoms with van der Waals surface area (Å²) in [6, 6.07) is 4.10. The van der Waals surface area contributed by atoms with Gasteiger partial charge in [-0.25, -0.2) is 0 Å². The second-order valence-electron chi connectivity index (χ2n) is 4.72. The first-order valence-electron chi connectivity index (χ1n) is 6.53. The summed E-state index contributed by atoms with van der Waals surface area (Å²) < 4.78 is 0. The van der Waals surface area contributed by atoms with Gasteiger partial charge in [0.1, 0.15) is 0 Å². The highest BCUT2D eigenvalue weighted by Gasteiger charge is 2.16. The smallest absolute Gasteiger partial charge is 0.223 e. The van der Waals surface area contributed by atoms with Crippen LogP contribution in [0.1, 0.15) is 38.7 Å². The van der Waals surface area contributed by atoms with Gasteiger partial charge in [0.2, 0.25) is 5.91 Å². The summed E-state index contributed by atoms with van der Waals surface area (Å²) in [6.45, 7) is 5.36. The number of amides is 1. The van der Waals surface area contributed by atoms with Crippen molar-refractivity contribution in [3.05, 3.63) is 30.1 Å². The third-order valence-electron chi connectivity index (χ3n) is 2.86. The number of rotatable bonds is 7. The summed E-state index contributed by atoms with van der Waals surface area (Å²) in [6.07, 6.45) is 5.90. The van der Waals surface area contributed by atoms with E-state index in [4.69, 9.17) is 5.73 Å². The van der Waals surface area contributed by atoms with E-state index in [2.05, 4.69) is 4.98 Å². The van der Waals surface area contributed by atoms with Crippen molar-refractivity contribution < 1.29 is 4.79 Å². The fourth-order valence-corrected chi connectivity index (χ4v) is 1.81. The van der Waals surface area contributed by atoms with Gasteiger partial charge in [-0.1, -0.05) is 6.07 Å². The van der Waals surface area contributed by atoms with Crippen LogP contribution in [0.5, 0.6) is 0 Å². The second kappa shape index (κ2) is 7.82. The molecular formula is C14H23N3O. The first-order chi connectivity index (χ1) is 8.65. The molecule has 18 heavy (non-hydrogen) atoms. The van der Waals surface area contributed by atoms with Gasteiger partial charge >= 0.3 is 0 Å².